The number of rotatable bonds is 4. The van der Waals surface area contributed by atoms with Crippen molar-refractivity contribution in [2.45, 2.75) is 5.03 Å². The summed E-state index contributed by atoms with van der Waals surface area (Å²) in [6.45, 7) is 0. The first-order valence-corrected chi connectivity index (χ1v) is 6.57. The molecule has 0 atom stereocenters. The Labute approximate surface area is 104 Å². The third-order valence-corrected chi connectivity index (χ3v) is 3.68. The third kappa shape index (κ3) is 2.16. The van der Waals surface area contributed by atoms with Crippen molar-refractivity contribution in [2.24, 2.45) is 5.84 Å². The van der Waals surface area contributed by atoms with Gasteiger partial charge in [-0.25, -0.2) is 24.3 Å². The molecule has 8 nitrogen and oxygen atoms in total. The third-order valence-electron chi connectivity index (χ3n) is 2.18. The molecule has 0 aliphatic rings. The van der Waals surface area contributed by atoms with Crippen molar-refractivity contribution >= 4 is 21.5 Å². The van der Waals surface area contributed by atoms with Crippen LogP contribution in [0.25, 0.3) is 5.65 Å². The molecule has 0 unspecified atom stereocenters. The second kappa shape index (κ2) is 4.53. The van der Waals surface area contributed by atoms with Crippen LogP contribution in [0.15, 0.2) is 29.4 Å². The van der Waals surface area contributed by atoms with Crippen LogP contribution in [0.3, 0.4) is 0 Å². The predicted octanol–water partition coefficient (Wildman–Crippen LogP) is -0.625. The van der Waals surface area contributed by atoms with Gasteiger partial charge in [0.2, 0.25) is 5.03 Å². The van der Waals surface area contributed by atoms with Gasteiger partial charge in [-0.2, -0.15) is 0 Å². The predicted molar refractivity (Wildman–Crippen MR) is 67.0 cm³/mol. The summed E-state index contributed by atoms with van der Waals surface area (Å²) < 4.78 is 25.8. The second-order valence-corrected chi connectivity index (χ2v) is 5.40. The molecule has 2 heterocycles. The topological polar surface area (TPSA) is 105 Å². The Hall–Kier alpha value is -1.68. The lowest BCUT2D eigenvalue weighted by Crippen LogP contribution is -2.37. The highest BCUT2D eigenvalue weighted by Crippen LogP contribution is 2.21. The zero-order chi connectivity index (χ0) is 13.3. The van der Waals surface area contributed by atoms with Crippen LogP contribution in [0.4, 0.5) is 5.82 Å². The smallest absolute Gasteiger partial charge is 0.273 e. The van der Waals surface area contributed by atoms with Crippen molar-refractivity contribution in [1.29, 1.82) is 0 Å². The first-order valence-electron chi connectivity index (χ1n) is 5.09. The van der Waals surface area contributed by atoms with Gasteiger partial charge < -0.3 is 5.43 Å². The number of fused-ring (bicyclic) bond motifs is 1. The lowest BCUT2D eigenvalue weighted by atomic mass is 10.5. The van der Waals surface area contributed by atoms with Crippen molar-refractivity contribution in [3.8, 4) is 0 Å². The molecule has 0 aromatic carbocycles. The highest BCUT2D eigenvalue weighted by Gasteiger charge is 2.25. The van der Waals surface area contributed by atoms with Gasteiger partial charge in [-0.1, -0.05) is 6.07 Å². The number of pyridine rings is 1. The van der Waals surface area contributed by atoms with Gasteiger partial charge in [0.25, 0.3) is 10.0 Å². The second-order valence-electron chi connectivity index (χ2n) is 3.83. The van der Waals surface area contributed by atoms with Crippen molar-refractivity contribution in [3.63, 3.8) is 0 Å². The van der Waals surface area contributed by atoms with E-state index in [0.29, 0.717) is 5.65 Å². The molecule has 2 aromatic heterocycles. The minimum Gasteiger partial charge on any atom is -0.306 e. The summed E-state index contributed by atoms with van der Waals surface area (Å²) in [5.74, 6) is 5.40. The number of nitrogens with two attached hydrogens (primary N) is 1. The van der Waals surface area contributed by atoms with E-state index in [1.807, 2.05) is 0 Å². The Kier molecular flexibility index (Phi) is 3.22. The van der Waals surface area contributed by atoms with Crippen LogP contribution in [-0.2, 0) is 10.0 Å². The standard InChI is InChI=1S/C9H14N6O2S/c1-14(2)13-18(16,17)9-8(12-10)11-7-5-3-4-6-15(7)9/h3-6,12-13H,10H2,1-2H3. The number of aromatic nitrogens is 2. The first kappa shape index (κ1) is 12.8. The Morgan fingerprint density at radius 3 is 2.72 bits per heavy atom. The first-order chi connectivity index (χ1) is 8.45. The molecule has 0 saturated heterocycles. The average molecular weight is 270 g/mol. The maximum Gasteiger partial charge on any atom is 0.273 e. The Morgan fingerprint density at radius 1 is 1.39 bits per heavy atom. The Morgan fingerprint density at radius 2 is 2.11 bits per heavy atom. The normalized spacial score (nSPS) is 12.2. The van der Waals surface area contributed by atoms with Crippen molar-refractivity contribution in [2.75, 3.05) is 19.5 Å². The van der Waals surface area contributed by atoms with Gasteiger partial charge in [-0.15, -0.1) is 4.83 Å². The van der Waals surface area contributed by atoms with E-state index < -0.39 is 10.0 Å². The number of anilines is 1. The van der Waals surface area contributed by atoms with Gasteiger partial charge in [0.1, 0.15) is 5.65 Å². The molecule has 18 heavy (non-hydrogen) atoms. The average Bonchev–Trinajstić information content (AvgIpc) is 2.66. The molecule has 0 aliphatic heterocycles. The fraction of sp³-hybridized carbons (Fsp3) is 0.222. The molecule has 2 aromatic rings. The van der Waals surface area contributed by atoms with Gasteiger partial charge >= 0.3 is 0 Å². The molecule has 0 amide bonds. The van der Waals surface area contributed by atoms with E-state index in [9.17, 15) is 8.42 Å². The van der Waals surface area contributed by atoms with E-state index in [2.05, 4.69) is 15.2 Å². The Bertz CT molecular complexity index is 663. The number of nitrogen functional groups attached to an aromatic ring is 1. The van der Waals surface area contributed by atoms with Crippen LogP contribution in [0, 0.1) is 0 Å². The quantitative estimate of drug-likeness (QED) is 0.505. The molecule has 0 aliphatic carbocycles. The van der Waals surface area contributed by atoms with E-state index in [1.54, 1.807) is 38.5 Å². The molecule has 9 heteroatoms. The molecule has 98 valence electrons. The molecular weight excluding hydrogens is 256 g/mol. The lowest BCUT2D eigenvalue weighted by Gasteiger charge is -2.12. The molecule has 4 N–H and O–H groups in total. The van der Waals surface area contributed by atoms with E-state index in [4.69, 9.17) is 5.84 Å². The van der Waals surface area contributed by atoms with Gasteiger partial charge in [0.15, 0.2) is 5.82 Å². The Balaban J connectivity index is 2.69. The van der Waals surface area contributed by atoms with Crippen LogP contribution in [-0.4, -0.2) is 36.9 Å². The summed E-state index contributed by atoms with van der Waals surface area (Å²) in [4.78, 5) is 6.43. The number of imidazole rings is 1. The van der Waals surface area contributed by atoms with Crippen molar-refractivity contribution in [3.05, 3.63) is 24.4 Å². The molecule has 0 bridgehead atoms. The summed E-state index contributed by atoms with van der Waals surface area (Å²) in [6.07, 6.45) is 1.60. The molecular formula is C9H14N6O2S. The molecule has 0 spiro atoms. The monoisotopic (exact) mass is 270 g/mol. The van der Waals surface area contributed by atoms with Crippen LogP contribution < -0.4 is 16.1 Å². The molecule has 0 saturated carbocycles. The lowest BCUT2D eigenvalue weighted by molar-refractivity contribution is 0.363. The molecule has 0 radical (unpaired) electrons. The highest BCUT2D eigenvalue weighted by atomic mass is 32.2. The van der Waals surface area contributed by atoms with Crippen LogP contribution in [0.5, 0.6) is 0 Å². The minimum atomic E-state index is -3.75. The van der Waals surface area contributed by atoms with Gasteiger partial charge in [-0.3, -0.25) is 4.40 Å². The van der Waals surface area contributed by atoms with Gasteiger partial charge in [-0.05, 0) is 12.1 Å². The van der Waals surface area contributed by atoms with Crippen LogP contribution >= 0.6 is 0 Å². The van der Waals surface area contributed by atoms with E-state index >= 15 is 0 Å². The van der Waals surface area contributed by atoms with E-state index in [0.717, 1.165) is 0 Å². The van der Waals surface area contributed by atoms with Crippen LogP contribution in [0.2, 0.25) is 0 Å². The highest BCUT2D eigenvalue weighted by molar-refractivity contribution is 7.89. The van der Waals surface area contributed by atoms with Crippen LogP contribution in [0.1, 0.15) is 0 Å². The molecule has 0 fully saturated rings. The zero-order valence-electron chi connectivity index (χ0n) is 9.95. The molecule has 2 rings (SSSR count). The fourth-order valence-corrected chi connectivity index (χ4v) is 2.95. The number of hydrogen-bond acceptors (Lipinski definition) is 6. The zero-order valence-corrected chi connectivity index (χ0v) is 10.8. The largest absolute Gasteiger partial charge is 0.306 e. The summed E-state index contributed by atoms with van der Waals surface area (Å²) >= 11 is 0. The SMILES string of the molecule is CN(C)NS(=O)(=O)c1c(NN)nc2ccccn12. The number of nitrogens with zero attached hydrogens (tertiary/aromatic N) is 3. The number of sulfonamides is 1. The summed E-state index contributed by atoms with van der Waals surface area (Å²) in [5.41, 5.74) is 2.79. The maximum atomic E-state index is 12.2. The number of nitrogens with one attached hydrogen (secondary N) is 2. The minimum absolute atomic E-state index is 0.0331. The maximum absolute atomic E-state index is 12.2. The summed E-state index contributed by atoms with van der Waals surface area (Å²) in [6, 6.07) is 5.16. The van der Waals surface area contributed by atoms with E-state index in [1.165, 1.54) is 9.41 Å². The summed E-state index contributed by atoms with van der Waals surface area (Å²) in [5, 5.41) is 1.30. The van der Waals surface area contributed by atoms with Gasteiger partial charge in [0, 0.05) is 20.3 Å². The number of hydrazine groups is 2. The van der Waals surface area contributed by atoms with Gasteiger partial charge in [0.05, 0.1) is 0 Å². The van der Waals surface area contributed by atoms with Crippen molar-refractivity contribution < 1.29 is 8.42 Å². The number of hydrogen-bond donors (Lipinski definition) is 3. The van der Waals surface area contributed by atoms with Crippen molar-refractivity contribution in [1.82, 2.24) is 19.2 Å². The van der Waals surface area contributed by atoms with E-state index in [-0.39, 0.29) is 10.8 Å². The fourth-order valence-electron chi connectivity index (χ4n) is 1.61. The summed E-state index contributed by atoms with van der Waals surface area (Å²) in [7, 11) is -0.592.